The van der Waals surface area contributed by atoms with Gasteiger partial charge in [0.15, 0.2) is 0 Å². The molecule has 0 aliphatic carbocycles. The first kappa shape index (κ1) is 22.4. The molecule has 1 N–H and O–H groups in total. The molecule has 0 fully saturated rings. The van der Waals surface area contributed by atoms with Crippen LogP contribution in [0.25, 0.3) is 11.4 Å². The molecule has 0 unspecified atom stereocenters. The van der Waals surface area contributed by atoms with Crippen molar-refractivity contribution < 1.29 is 27.3 Å². The Balaban J connectivity index is 1.83. The van der Waals surface area contributed by atoms with Crippen LogP contribution in [0.15, 0.2) is 33.9 Å². The van der Waals surface area contributed by atoms with E-state index in [0.29, 0.717) is 23.4 Å². The number of hydrogen-bond donors (Lipinski definition) is 1. The van der Waals surface area contributed by atoms with Crippen molar-refractivity contribution in [3.8, 4) is 11.4 Å². The van der Waals surface area contributed by atoms with Gasteiger partial charge in [-0.2, -0.15) is 18.2 Å². The monoisotopic (exact) mass is 412 g/mol. The van der Waals surface area contributed by atoms with Crippen LogP contribution in [0.3, 0.4) is 0 Å². The molecule has 2 aromatic rings. The maximum Gasteiger partial charge on any atom is 0.471 e. The topological polar surface area (TPSA) is 89.6 Å². The molecule has 7 nitrogen and oxygen atoms in total. The van der Waals surface area contributed by atoms with Crippen LogP contribution in [0, 0.1) is 0 Å². The number of carbonyl (C=O) groups excluding carboxylic acids is 1. The van der Waals surface area contributed by atoms with Gasteiger partial charge in [0, 0.05) is 11.1 Å². The van der Waals surface area contributed by atoms with Gasteiger partial charge >= 0.3 is 12.1 Å². The van der Waals surface area contributed by atoms with Gasteiger partial charge < -0.3 is 14.7 Å². The Hall–Kier alpha value is -2.91. The molecule has 0 saturated carbocycles. The second kappa shape index (κ2) is 10.6. The molecule has 0 aliphatic rings. The molecule has 0 saturated heterocycles. The number of amides is 1. The van der Waals surface area contributed by atoms with E-state index in [0.717, 1.165) is 25.7 Å². The Morgan fingerprint density at radius 2 is 1.93 bits per heavy atom. The largest absolute Gasteiger partial charge is 0.471 e. The average Bonchev–Trinajstić information content (AvgIpc) is 3.20. The molecule has 0 atom stereocenters. The minimum Gasteiger partial charge on any atom is -0.396 e. The second-order valence-electron chi connectivity index (χ2n) is 6.40. The third kappa shape index (κ3) is 7.20. The summed E-state index contributed by atoms with van der Waals surface area (Å²) in [7, 11) is 0. The molecular weight excluding hydrogens is 389 g/mol. The number of nitrogens with zero attached hydrogens (tertiary/aromatic N) is 3. The molecule has 0 radical (unpaired) electrons. The lowest BCUT2D eigenvalue weighted by Gasteiger charge is -2.06. The molecule has 1 amide bonds. The van der Waals surface area contributed by atoms with E-state index in [4.69, 9.17) is 4.84 Å². The molecule has 10 heteroatoms. The van der Waals surface area contributed by atoms with Crippen molar-refractivity contribution in [1.29, 1.82) is 0 Å². The van der Waals surface area contributed by atoms with Crippen LogP contribution in [-0.4, -0.2) is 34.9 Å². The number of nitrogens with one attached hydrogen (secondary N) is 1. The van der Waals surface area contributed by atoms with Gasteiger partial charge in [0.2, 0.25) is 5.82 Å². The summed E-state index contributed by atoms with van der Waals surface area (Å²) in [6, 6.07) is 5.82. The predicted octanol–water partition coefficient (Wildman–Crippen LogP) is 4.46. The van der Waals surface area contributed by atoms with Crippen molar-refractivity contribution in [3.05, 3.63) is 35.7 Å². The quantitative estimate of drug-likeness (QED) is 0.354. The first-order chi connectivity index (χ1) is 13.8. The molecule has 29 heavy (non-hydrogen) atoms. The highest BCUT2D eigenvalue weighted by atomic mass is 19.4. The highest BCUT2D eigenvalue weighted by Crippen LogP contribution is 2.29. The van der Waals surface area contributed by atoms with Crippen LogP contribution < -0.4 is 5.32 Å². The highest BCUT2D eigenvalue weighted by Gasteiger charge is 2.38. The van der Waals surface area contributed by atoms with E-state index in [-0.39, 0.29) is 18.3 Å². The number of oxime groups is 1. The van der Waals surface area contributed by atoms with Crippen LogP contribution in [0.4, 0.5) is 13.2 Å². The molecule has 1 aromatic carbocycles. The molecule has 2 rings (SSSR count). The fraction of sp³-hybridized carbons (Fsp3) is 0.474. The van der Waals surface area contributed by atoms with Crippen molar-refractivity contribution in [2.24, 2.45) is 5.16 Å². The third-order valence-electron chi connectivity index (χ3n) is 3.89. The number of halogens is 3. The minimum absolute atomic E-state index is 0.205. The summed E-state index contributed by atoms with van der Waals surface area (Å²) in [4.78, 5) is 20.7. The van der Waals surface area contributed by atoms with Crippen LogP contribution >= 0.6 is 0 Å². The van der Waals surface area contributed by atoms with Crippen LogP contribution in [0.1, 0.15) is 55.8 Å². The van der Waals surface area contributed by atoms with Crippen LogP contribution in [0.2, 0.25) is 0 Å². The number of carbonyl (C=O) groups is 1. The molecule has 1 heterocycles. The Bertz CT molecular complexity index is 817. The van der Waals surface area contributed by atoms with Gasteiger partial charge in [-0.05, 0) is 31.9 Å². The Kier molecular flexibility index (Phi) is 8.17. The zero-order valence-corrected chi connectivity index (χ0v) is 16.3. The van der Waals surface area contributed by atoms with Gasteiger partial charge in [-0.3, -0.25) is 4.79 Å². The maximum absolute atomic E-state index is 12.5. The number of alkyl halides is 3. The van der Waals surface area contributed by atoms with E-state index in [2.05, 4.69) is 32.1 Å². The van der Waals surface area contributed by atoms with Gasteiger partial charge in [0.25, 0.3) is 5.91 Å². The number of rotatable bonds is 10. The number of benzene rings is 1. The van der Waals surface area contributed by atoms with Crippen LogP contribution in [0.5, 0.6) is 0 Å². The van der Waals surface area contributed by atoms with Gasteiger partial charge in [0.05, 0.1) is 12.3 Å². The van der Waals surface area contributed by atoms with Crippen LogP contribution in [-0.2, 0) is 11.0 Å². The molecule has 0 aliphatic heterocycles. The Labute approximate surface area is 166 Å². The lowest BCUT2D eigenvalue weighted by atomic mass is 10.1. The fourth-order valence-electron chi connectivity index (χ4n) is 2.32. The van der Waals surface area contributed by atoms with E-state index in [1.807, 2.05) is 0 Å². The smallest absolute Gasteiger partial charge is 0.396 e. The predicted molar refractivity (Wildman–Crippen MR) is 100 cm³/mol. The summed E-state index contributed by atoms with van der Waals surface area (Å²) >= 11 is 0. The number of hydrogen-bond acceptors (Lipinski definition) is 6. The summed E-state index contributed by atoms with van der Waals surface area (Å²) < 4.78 is 41.7. The third-order valence-corrected chi connectivity index (χ3v) is 3.89. The van der Waals surface area contributed by atoms with E-state index < -0.39 is 12.1 Å². The van der Waals surface area contributed by atoms with E-state index in [1.54, 1.807) is 6.92 Å². The minimum atomic E-state index is -4.70. The average molecular weight is 412 g/mol. The van der Waals surface area contributed by atoms with E-state index in [1.165, 1.54) is 24.3 Å². The van der Waals surface area contributed by atoms with Gasteiger partial charge in [0.1, 0.15) is 6.61 Å². The Morgan fingerprint density at radius 3 is 2.55 bits per heavy atom. The molecule has 1 aromatic heterocycles. The van der Waals surface area contributed by atoms with E-state index >= 15 is 0 Å². The van der Waals surface area contributed by atoms with Gasteiger partial charge in [-0.25, -0.2) is 0 Å². The zero-order valence-electron chi connectivity index (χ0n) is 16.3. The number of unbranched alkanes of at least 4 members (excludes halogenated alkanes) is 3. The Morgan fingerprint density at radius 1 is 1.21 bits per heavy atom. The second-order valence-corrected chi connectivity index (χ2v) is 6.40. The van der Waals surface area contributed by atoms with Crippen molar-refractivity contribution >= 4 is 11.6 Å². The summed E-state index contributed by atoms with van der Waals surface area (Å²) in [5.74, 6) is -1.97. The van der Waals surface area contributed by atoms with Crippen molar-refractivity contribution in [2.75, 3.05) is 13.2 Å². The highest BCUT2D eigenvalue weighted by molar-refractivity contribution is 5.97. The van der Waals surface area contributed by atoms with E-state index in [9.17, 15) is 18.0 Å². The molecular formula is C19H23F3N4O3. The summed E-state index contributed by atoms with van der Waals surface area (Å²) in [5.41, 5.74) is 1.26. The summed E-state index contributed by atoms with van der Waals surface area (Å²) in [6.45, 7) is 4.63. The number of aromatic nitrogens is 2. The maximum atomic E-state index is 12.5. The summed E-state index contributed by atoms with van der Waals surface area (Å²) in [5, 5.41) is 9.94. The first-order valence-electron chi connectivity index (χ1n) is 9.26. The first-order valence-corrected chi connectivity index (χ1v) is 9.26. The van der Waals surface area contributed by atoms with Crippen molar-refractivity contribution in [1.82, 2.24) is 15.5 Å². The molecule has 158 valence electrons. The fourth-order valence-corrected chi connectivity index (χ4v) is 2.32. The lowest BCUT2D eigenvalue weighted by Crippen LogP contribution is -2.28. The normalized spacial score (nSPS) is 12.1. The van der Waals surface area contributed by atoms with Gasteiger partial charge in [-0.1, -0.05) is 42.2 Å². The zero-order chi connectivity index (χ0) is 21.3. The van der Waals surface area contributed by atoms with Crippen molar-refractivity contribution in [2.45, 2.75) is 45.7 Å². The lowest BCUT2D eigenvalue weighted by molar-refractivity contribution is -0.159. The summed E-state index contributed by atoms with van der Waals surface area (Å²) in [6.07, 6.45) is -0.354. The molecule has 0 spiro atoms. The SMILES string of the molecule is CCCCCCO/N=C(\C)CNC(=O)c1ccc(-c2noc(C(F)(F)F)n2)cc1. The van der Waals surface area contributed by atoms with Gasteiger partial charge in [-0.15, -0.1) is 0 Å². The van der Waals surface area contributed by atoms with Crippen molar-refractivity contribution in [3.63, 3.8) is 0 Å². The molecule has 0 bridgehead atoms. The standard InChI is InChI=1S/C19H23F3N4O3/c1-3-4-5-6-11-28-25-13(2)12-23-17(27)15-9-7-14(8-10-15)16-24-18(29-26-16)19(20,21)22/h7-10H,3-6,11-12H2,1-2H3,(H,23,27)/b25-13+.